The van der Waals surface area contributed by atoms with E-state index in [0.717, 1.165) is 31.2 Å². The van der Waals surface area contributed by atoms with Crippen LogP contribution in [0.5, 0.6) is 0 Å². The van der Waals surface area contributed by atoms with Crippen molar-refractivity contribution in [2.45, 2.75) is 43.8 Å². The Morgan fingerprint density at radius 3 is 2.58 bits per heavy atom. The van der Waals surface area contributed by atoms with Gasteiger partial charge in [0.1, 0.15) is 0 Å². The Balaban J connectivity index is 1.81. The third-order valence-electron chi connectivity index (χ3n) is 3.84. The lowest BCUT2D eigenvalue weighted by Gasteiger charge is -2.32. The number of aliphatic hydroxyl groups is 2. The zero-order valence-corrected chi connectivity index (χ0v) is 11.9. The molecule has 0 aliphatic heterocycles. The highest BCUT2D eigenvalue weighted by atomic mass is 35.5. The predicted molar refractivity (Wildman–Crippen MR) is 77.3 cm³/mol. The van der Waals surface area contributed by atoms with Crippen molar-refractivity contribution in [2.75, 3.05) is 13.1 Å². The Labute approximate surface area is 119 Å². The van der Waals surface area contributed by atoms with Crippen molar-refractivity contribution in [3.05, 3.63) is 34.9 Å². The van der Waals surface area contributed by atoms with E-state index in [4.69, 9.17) is 11.6 Å². The molecule has 1 fully saturated rings. The lowest BCUT2D eigenvalue weighted by atomic mass is 9.85. The second kappa shape index (κ2) is 6.71. The van der Waals surface area contributed by atoms with Crippen LogP contribution in [0.2, 0.25) is 5.02 Å². The van der Waals surface area contributed by atoms with E-state index in [0.29, 0.717) is 18.1 Å². The first-order valence-corrected chi connectivity index (χ1v) is 7.34. The molecular weight excluding hydrogens is 262 g/mol. The van der Waals surface area contributed by atoms with Crippen molar-refractivity contribution >= 4 is 11.6 Å². The van der Waals surface area contributed by atoms with E-state index in [2.05, 4.69) is 5.32 Å². The summed E-state index contributed by atoms with van der Waals surface area (Å²) in [6.07, 6.45) is 4.45. The number of hydrogen-bond donors (Lipinski definition) is 3. The predicted octanol–water partition coefficient (Wildman–Crippen LogP) is 2.66. The van der Waals surface area contributed by atoms with Gasteiger partial charge in [-0.3, -0.25) is 0 Å². The molecule has 1 aliphatic carbocycles. The van der Waals surface area contributed by atoms with Gasteiger partial charge in [-0.1, -0.05) is 49.1 Å². The highest BCUT2D eigenvalue weighted by molar-refractivity contribution is 6.31. The molecule has 0 bridgehead atoms. The smallest absolute Gasteiger partial charge is 0.0928 e. The molecular formula is C15H22ClNO2. The molecule has 1 saturated carbocycles. The van der Waals surface area contributed by atoms with Gasteiger partial charge in [-0.2, -0.15) is 0 Å². The fraction of sp³-hybridized carbons (Fsp3) is 0.600. The molecule has 1 unspecified atom stereocenters. The van der Waals surface area contributed by atoms with Crippen LogP contribution in [0.15, 0.2) is 24.3 Å². The summed E-state index contributed by atoms with van der Waals surface area (Å²) in [5, 5.41) is 24.2. The fourth-order valence-electron chi connectivity index (χ4n) is 2.68. The first-order valence-electron chi connectivity index (χ1n) is 6.96. The van der Waals surface area contributed by atoms with E-state index in [1.54, 1.807) is 6.07 Å². The Kier molecular flexibility index (Phi) is 5.22. The van der Waals surface area contributed by atoms with Crippen LogP contribution in [0.3, 0.4) is 0 Å². The highest BCUT2D eigenvalue weighted by Gasteiger charge is 2.28. The maximum atomic E-state index is 10.3. The zero-order valence-electron chi connectivity index (χ0n) is 11.1. The SMILES string of the molecule is OC(CNCC1(O)CCCCC1)c1ccccc1Cl. The van der Waals surface area contributed by atoms with Gasteiger partial charge in [-0.05, 0) is 18.9 Å². The van der Waals surface area contributed by atoms with E-state index >= 15 is 0 Å². The van der Waals surface area contributed by atoms with E-state index in [1.807, 2.05) is 18.2 Å². The van der Waals surface area contributed by atoms with Crippen LogP contribution in [-0.2, 0) is 0 Å². The molecule has 0 spiro atoms. The van der Waals surface area contributed by atoms with E-state index in [1.165, 1.54) is 6.42 Å². The average Bonchev–Trinajstić information content (AvgIpc) is 2.39. The van der Waals surface area contributed by atoms with Crippen molar-refractivity contribution in [3.8, 4) is 0 Å². The van der Waals surface area contributed by atoms with Crippen molar-refractivity contribution in [2.24, 2.45) is 0 Å². The zero-order chi connectivity index (χ0) is 13.7. The highest BCUT2D eigenvalue weighted by Crippen LogP contribution is 2.27. The maximum absolute atomic E-state index is 10.3. The topological polar surface area (TPSA) is 52.5 Å². The molecule has 4 heteroatoms. The van der Waals surface area contributed by atoms with E-state index in [-0.39, 0.29) is 0 Å². The van der Waals surface area contributed by atoms with Gasteiger partial charge in [0, 0.05) is 23.7 Å². The summed E-state index contributed by atoms with van der Waals surface area (Å²) in [4.78, 5) is 0. The normalized spacial score (nSPS) is 20.2. The fourth-order valence-corrected chi connectivity index (χ4v) is 2.95. The van der Waals surface area contributed by atoms with Crippen LogP contribution in [0, 0.1) is 0 Å². The van der Waals surface area contributed by atoms with Gasteiger partial charge in [-0.25, -0.2) is 0 Å². The lowest BCUT2D eigenvalue weighted by Crippen LogP contribution is -2.43. The van der Waals surface area contributed by atoms with Crippen molar-refractivity contribution in [1.82, 2.24) is 5.32 Å². The number of nitrogens with one attached hydrogen (secondary N) is 1. The minimum Gasteiger partial charge on any atom is -0.389 e. The molecule has 19 heavy (non-hydrogen) atoms. The molecule has 1 atom stereocenters. The van der Waals surface area contributed by atoms with Gasteiger partial charge in [0.25, 0.3) is 0 Å². The van der Waals surface area contributed by atoms with Crippen LogP contribution in [0.4, 0.5) is 0 Å². The number of rotatable bonds is 5. The van der Waals surface area contributed by atoms with Crippen molar-refractivity contribution in [3.63, 3.8) is 0 Å². The monoisotopic (exact) mass is 283 g/mol. The van der Waals surface area contributed by atoms with Crippen LogP contribution in [-0.4, -0.2) is 28.9 Å². The van der Waals surface area contributed by atoms with Crippen LogP contribution < -0.4 is 5.32 Å². The molecule has 3 N–H and O–H groups in total. The Morgan fingerprint density at radius 1 is 1.21 bits per heavy atom. The van der Waals surface area contributed by atoms with Crippen LogP contribution in [0.1, 0.15) is 43.8 Å². The summed E-state index contributed by atoms with van der Waals surface area (Å²) in [6, 6.07) is 7.30. The number of halogens is 1. The molecule has 1 aromatic carbocycles. The minimum atomic E-state index is -0.638. The third kappa shape index (κ3) is 4.18. The van der Waals surface area contributed by atoms with Gasteiger partial charge in [0.05, 0.1) is 11.7 Å². The molecule has 0 saturated heterocycles. The molecule has 106 valence electrons. The quantitative estimate of drug-likeness (QED) is 0.779. The summed E-state index contributed by atoms with van der Waals surface area (Å²) in [7, 11) is 0. The van der Waals surface area contributed by atoms with Crippen LogP contribution in [0.25, 0.3) is 0 Å². The van der Waals surface area contributed by atoms with Gasteiger partial charge >= 0.3 is 0 Å². The molecule has 3 nitrogen and oxygen atoms in total. The summed E-state index contributed by atoms with van der Waals surface area (Å²) in [6.45, 7) is 0.945. The van der Waals surface area contributed by atoms with Crippen molar-refractivity contribution in [1.29, 1.82) is 0 Å². The molecule has 0 heterocycles. The molecule has 1 aliphatic rings. The van der Waals surface area contributed by atoms with Gasteiger partial charge in [0.15, 0.2) is 0 Å². The summed E-state index contributed by atoms with van der Waals surface area (Å²) >= 11 is 6.04. The molecule has 0 radical (unpaired) electrons. The van der Waals surface area contributed by atoms with E-state index in [9.17, 15) is 10.2 Å². The van der Waals surface area contributed by atoms with E-state index < -0.39 is 11.7 Å². The largest absolute Gasteiger partial charge is 0.389 e. The lowest BCUT2D eigenvalue weighted by molar-refractivity contribution is 0.00264. The maximum Gasteiger partial charge on any atom is 0.0928 e. The first kappa shape index (κ1) is 14.8. The third-order valence-corrected chi connectivity index (χ3v) is 4.18. The Hall–Kier alpha value is -0.610. The summed E-state index contributed by atoms with van der Waals surface area (Å²) < 4.78 is 0. The second-order valence-corrected chi connectivity index (χ2v) is 5.86. The molecule has 0 aromatic heterocycles. The Morgan fingerprint density at radius 2 is 1.89 bits per heavy atom. The Bertz CT molecular complexity index is 405. The standard InChI is InChI=1S/C15H22ClNO2/c16-13-7-3-2-6-12(13)14(18)10-17-11-15(19)8-4-1-5-9-15/h2-3,6-7,14,17-19H,1,4-5,8-11H2. The molecule has 1 aromatic rings. The first-order chi connectivity index (χ1) is 9.11. The van der Waals surface area contributed by atoms with Gasteiger partial charge in [-0.15, -0.1) is 0 Å². The minimum absolute atomic E-state index is 0.409. The molecule has 0 amide bonds. The second-order valence-electron chi connectivity index (χ2n) is 5.45. The van der Waals surface area contributed by atoms with Crippen LogP contribution >= 0.6 is 11.6 Å². The van der Waals surface area contributed by atoms with Gasteiger partial charge < -0.3 is 15.5 Å². The summed E-state index contributed by atoms with van der Waals surface area (Å²) in [5.74, 6) is 0. The number of benzene rings is 1. The number of hydrogen-bond acceptors (Lipinski definition) is 3. The van der Waals surface area contributed by atoms with Gasteiger partial charge in [0.2, 0.25) is 0 Å². The van der Waals surface area contributed by atoms with Crippen molar-refractivity contribution < 1.29 is 10.2 Å². The number of aliphatic hydroxyl groups excluding tert-OH is 1. The average molecular weight is 284 g/mol. The molecule has 2 rings (SSSR count). The summed E-state index contributed by atoms with van der Waals surface area (Å²) in [5.41, 5.74) is 0.130.